The van der Waals surface area contributed by atoms with Crippen molar-refractivity contribution in [2.45, 2.75) is 43.5 Å². The van der Waals surface area contributed by atoms with Crippen molar-refractivity contribution in [2.75, 3.05) is 13.2 Å². The Balaban J connectivity index is 2.27. The van der Waals surface area contributed by atoms with Gasteiger partial charge in [0.15, 0.2) is 5.17 Å². The van der Waals surface area contributed by atoms with Gasteiger partial charge in [0, 0.05) is 29.2 Å². The Morgan fingerprint density at radius 2 is 2.13 bits per heavy atom. The Morgan fingerprint density at radius 1 is 1.47 bits per heavy atom. The molecule has 1 fully saturated rings. The third kappa shape index (κ3) is 3.73. The average molecular weight is 447 g/mol. The lowest BCUT2D eigenvalue weighted by atomic mass is 9.78. The lowest BCUT2D eigenvalue weighted by Crippen LogP contribution is -2.54. The molecular weight excluding hydrogens is 427 g/mol. The van der Waals surface area contributed by atoms with Gasteiger partial charge in [-0.25, -0.2) is 23.0 Å². The number of amidine groups is 1. The SMILES string of the molecule is CC(C)(C)N(C(=O)O)C1=N[C@@]2(c3cc([N+](=O)[O-])ccc3F)COC[C@H]2C(C(F)F)S1. The highest BCUT2D eigenvalue weighted by Gasteiger charge is 2.57. The molecule has 2 aliphatic heterocycles. The lowest BCUT2D eigenvalue weighted by molar-refractivity contribution is -0.385. The van der Waals surface area contributed by atoms with Crippen LogP contribution in [0.4, 0.5) is 23.7 Å². The van der Waals surface area contributed by atoms with Gasteiger partial charge < -0.3 is 9.84 Å². The van der Waals surface area contributed by atoms with Gasteiger partial charge in [-0.15, -0.1) is 0 Å². The smallest absolute Gasteiger partial charge is 0.413 e. The molecule has 0 aromatic heterocycles. The van der Waals surface area contributed by atoms with Crippen molar-refractivity contribution in [2.24, 2.45) is 10.9 Å². The van der Waals surface area contributed by atoms with Crippen molar-refractivity contribution >= 4 is 28.7 Å². The number of thioether (sulfide) groups is 1. The molecule has 0 saturated carbocycles. The first-order valence-corrected chi connectivity index (χ1v) is 9.86. The summed E-state index contributed by atoms with van der Waals surface area (Å²) in [4.78, 5) is 27.7. The van der Waals surface area contributed by atoms with E-state index in [1.165, 1.54) is 0 Å². The number of carboxylic acid groups (broad SMARTS) is 1. The van der Waals surface area contributed by atoms with E-state index in [0.717, 1.165) is 23.1 Å². The highest BCUT2D eigenvalue weighted by Crippen LogP contribution is 2.51. The van der Waals surface area contributed by atoms with Gasteiger partial charge in [0.1, 0.15) is 11.4 Å². The molecule has 1 unspecified atom stereocenters. The van der Waals surface area contributed by atoms with Crippen LogP contribution in [-0.2, 0) is 10.3 Å². The average Bonchev–Trinajstić information content (AvgIpc) is 3.04. The van der Waals surface area contributed by atoms with Gasteiger partial charge in [-0.05, 0) is 26.8 Å². The predicted octanol–water partition coefficient (Wildman–Crippen LogP) is 4.09. The largest absolute Gasteiger partial charge is 0.465 e. The fourth-order valence-electron chi connectivity index (χ4n) is 3.75. The van der Waals surface area contributed by atoms with Gasteiger partial charge in [0.05, 0.1) is 23.4 Å². The van der Waals surface area contributed by atoms with Crippen LogP contribution in [-0.4, -0.2) is 56.6 Å². The molecule has 1 N–H and O–H groups in total. The molecule has 1 aromatic carbocycles. The molecule has 0 spiro atoms. The van der Waals surface area contributed by atoms with Crippen LogP contribution in [0.25, 0.3) is 0 Å². The Bertz CT molecular complexity index is 908. The van der Waals surface area contributed by atoms with Crippen LogP contribution in [0.1, 0.15) is 26.3 Å². The van der Waals surface area contributed by atoms with Crippen molar-refractivity contribution in [3.63, 3.8) is 0 Å². The maximum Gasteiger partial charge on any atom is 0.413 e. The first-order valence-electron chi connectivity index (χ1n) is 8.98. The molecule has 8 nitrogen and oxygen atoms in total. The number of hydrogen-bond donors (Lipinski definition) is 1. The van der Waals surface area contributed by atoms with Gasteiger partial charge in [-0.2, -0.15) is 0 Å². The molecule has 2 aliphatic rings. The fraction of sp³-hybridized carbons (Fsp3) is 0.556. The Kier molecular flexibility index (Phi) is 5.76. The van der Waals surface area contributed by atoms with Crippen molar-refractivity contribution < 1.29 is 32.7 Å². The third-order valence-electron chi connectivity index (χ3n) is 5.10. The Morgan fingerprint density at radius 3 is 2.67 bits per heavy atom. The van der Waals surface area contributed by atoms with E-state index >= 15 is 0 Å². The van der Waals surface area contributed by atoms with Gasteiger partial charge >= 0.3 is 6.09 Å². The second-order valence-corrected chi connectivity index (χ2v) is 9.21. The predicted molar refractivity (Wildman–Crippen MR) is 103 cm³/mol. The summed E-state index contributed by atoms with van der Waals surface area (Å²) in [6.07, 6.45) is -4.29. The van der Waals surface area contributed by atoms with E-state index < -0.39 is 51.2 Å². The first-order chi connectivity index (χ1) is 13.9. The Labute approximate surface area is 174 Å². The Hall–Kier alpha value is -2.34. The highest BCUT2D eigenvalue weighted by atomic mass is 32.2. The molecule has 12 heteroatoms. The molecule has 164 valence electrons. The standard InChI is InChI=1S/C18H20F3N3O5S/c1-17(2,3)23(16(25)26)15-22-18(8-29-7-11(18)13(30-15)14(20)21)10-6-9(24(27)28)4-5-12(10)19/h4-6,11,13-14H,7-8H2,1-3H3,(H,25,26)/t11-,13?,18+/m0/s1. The number of ether oxygens (including phenoxy) is 1. The zero-order valence-corrected chi connectivity index (χ0v) is 17.2. The number of nitro benzene ring substituents is 1. The van der Waals surface area contributed by atoms with E-state index in [1.54, 1.807) is 20.8 Å². The van der Waals surface area contributed by atoms with Crippen LogP contribution < -0.4 is 0 Å². The van der Waals surface area contributed by atoms with Crippen LogP contribution in [0.15, 0.2) is 23.2 Å². The minimum absolute atomic E-state index is 0.163. The maximum absolute atomic E-state index is 14.8. The van der Waals surface area contributed by atoms with Crippen molar-refractivity contribution in [1.29, 1.82) is 0 Å². The molecule has 3 rings (SSSR count). The number of aliphatic imine (C=N–C) groups is 1. The molecule has 1 saturated heterocycles. The van der Waals surface area contributed by atoms with Crippen LogP contribution in [0.2, 0.25) is 0 Å². The molecule has 30 heavy (non-hydrogen) atoms. The number of rotatable bonds is 3. The monoisotopic (exact) mass is 447 g/mol. The highest BCUT2D eigenvalue weighted by molar-refractivity contribution is 8.14. The molecule has 1 aromatic rings. The van der Waals surface area contributed by atoms with Gasteiger partial charge in [0.2, 0.25) is 0 Å². The van der Waals surface area contributed by atoms with Crippen molar-refractivity contribution in [3.05, 3.63) is 39.7 Å². The minimum Gasteiger partial charge on any atom is -0.465 e. The zero-order valence-electron chi connectivity index (χ0n) is 16.3. The van der Waals surface area contributed by atoms with E-state index in [9.17, 15) is 33.2 Å². The van der Waals surface area contributed by atoms with Crippen molar-refractivity contribution in [1.82, 2.24) is 4.90 Å². The number of benzene rings is 1. The topological polar surface area (TPSA) is 105 Å². The number of nitrogens with zero attached hydrogens (tertiary/aromatic N) is 3. The van der Waals surface area contributed by atoms with Gasteiger partial charge in [-0.3, -0.25) is 15.0 Å². The van der Waals surface area contributed by atoms with Crippen LogP contribution in [0.5, 0.6) is 0 Å². The van der Waals surface area contributed by atoms with E-state index in [-0.39, 0.29) is 23.9 Å². The maximum atomic E-state index is 14.8. The summed E-state index contributed by atoms with van der Waals surface area (Å²) in [5.74, 6) is -1.87. The fourth-order valence-corrected chi connectivity index (χ4v) is 5.24. The summed E-state index contributed by atoms with van der Waals surface area (Å²) in [7, 11) is 0. The summed E-state index contributed by atoms with van der Waals surface area (Å²) >= 11 is 0.598. The zero-order chi connectivity index (χ0) is 22.4. The summed E-state index contributed by atoms with van der Waals surface area (Å²) in [5, 5.41) is 19.2. The second-order valence-electron chi connectivity index (χ2n) is 8.07. The lowest BCUT2D eigenvalue weighted by Gasteiger charge is -2.43. The van der Waals surface area contributed by atoms with Crippen LogP contribution in [0.3, 0.4) is 0 Å². The molecule has 0 aliphatic carbocycles. The summed E-state index contributed by atoms with van der Waals surface area (Å²) < 4.78 is 48.2. The molecule has 0 bridgehead atoms. The van der Waals surface area contributed by atoms with Gasteiger partial charge in [-0.1, -0.05) is 11.8 Å². The summed E-state index contributed by atoms with van der Waals surface area (Å²) in [5.41, 5.74) is -3.43. The van der Waals surface area contributed by atoms with E-state index in [2.05, 4.69) is 4.99 Å². The van der Waals surface area contributed by atoms with Crippen LogP contribution >= 0.6 is 11.8 Å². The minimum atomic E-state index is -2.89. The summed E-state index contributed by atoms with van der Waals surface area (Å²) in [6.45, 7) is 4.24. The number of alkyl halides is 2. The number of carbonyl (C=O) groups is 1. The third-order valence-corrected chi connectivity index (χ3v) is 6.39. The first kappa shape index (κ1) is 22.3. The number of halogens is 3. The normalized spacial score (nSPS) is 26.3. The number of fused-ring (bicyclic) bond motifs is 1. The van der Waals surface area contributed by atoms with E-state index in [4.69, 9.17) is 4.74 Å². The van der Waals surface area contributed by atoms with Crippen molar-refractivity contribution in [3.8, 4) is 0 Å². The number of hydrogen-bond acceptors (Lipinski definition) is 6. The molecule has 3 atom stereocenters. The number of non-ortho nitro benzene ring substituents is 1. The quantitative estimate of drug-likeness (QED) is 0.553. The van der Waals surface area contributed by atoms with E-state index in [1.807, 2.05) is 0 Å². The molecule has 0 radical (unpaired) electrons. The second kappa shape index (κ2) is 7.73. The molecule has 2 heterocycles. The summed E-state index contributed by atoms with van der Waals surface area (Å²) in [6, 6.07) is 2.80. The number of nitro groups is 1. The van der Waals surface area contributed by atoms with Crippen LogP contribution in [0, 0.1) is 21.8 Å². The van der Waals surface area contributed by atoms with E-state index in [0.29, 0.717) is 11.8 Å². The van der Waals surface area contributed by atoms with Gasteiger partial charge in [0.25, 0.3) is 12.1 Å². The number of amides is 1. The molecular formula is C18H20F3N3O5S. The molecule has 1 amide bonds.